The third-order valence-corrected chi connectivity index (χ3v) is 9.28. The Hall–Kier alpha value is -2.00. The van der Waals surface area contributed by atoms with Gasteiger partial charge in [-0.25, -0.2) is 8.42 Å². The molecule has 2 aromatic carbocycles. The van der Waals surface area contributed by atoms with Gasteiger partial charge in [0.15, 0.2) is 0 Å². The van der Waals surface area contributed by atoms with Crippen LogP contribution in [0.15, 0.2) is 40.6 Å². The Morgan fingerprint density at radius 1 is 1.19 bits per heavy atom. The maximum Gasteiger partial charge on any atom is 0.271 e. The molecule has 0 amide bonds. The van der Waals surface area contributed by atoms with E-state index in [4.69, 9.17) is 16.3 Å². The normalized spacial score (nSPS) is 15.2. The standard InChI is InChI=1S/C22H26ClN3O3S2/c1-14-18-12-15(23)4-7-21(18)30-22(14)31(27,28)25-16-5-6-20(29-3)19(13-16)26(2)17-8-10-24-11-9-17/h4-7,12-13,17,24-25H,8-11H2,1-3H3. The predicted octanol–water partition coefficient (Wildman–Crippen LogP) is 4.86. The summed E-state index contributed by atoms with van der Waals surface area (Å²) in [4.78, 5) is 2.18. The van der Waals surface area contributed by atoms with E-state index in [1.54, 1.807) is 25.3 Å². The summed E-state index contributed by atoms with van der Waals surface area (Å²) in [5.41, 5.74) is 2.08. The molecule has 3 aromatic rings. The van der Waals surface area contributed by atoms with E-state index >= 15 is 0 Å². The van der Waals surface area contributed by atoms with Gasteiger partial charge in [-0.1, -0.05) is 11.6 Å². The van der Waals surface area contributed by atoms with Crippen LogP contribution in [0.4, 0.5) is 11.4 Å². The first-order chi connectivity index (χ1) is 14.8. The quantitative estimate of drug-likeness (QED) is 0.528. The lowest BCUT2D eigenvalue weighted by Crippen LogP contribution is -2.41. The summed E-state index contributed by atoms with van der Waals surface area (Å²) in [7, 11) is -0.0862. The van der Waals surface area contributed by atoms with Gasteiger partial charge in [0, 0.05) is 22.8 Å². The molecule has 1 fully saturated rings. The topological polar surface area (TPSA) is 70.7 Å². The van der Waals surface area contributed by atoms with Gasteiger partial charge in [0.2, 0.25) is 0 Å². The molecular weight excluding hydrogens is 454 g/mol. The number of piperidine rings is 1. The van der Waals surface area contributed by atoms with Crippen molar-refractivity contribution < 1.29 is 13.2 Å². The summed E-state index contributed by atoms with van der Waals surface area (Å²) in [6.45, 7) is 3.76. The summed E-state index contributed by atoms with van der Waals surface area (Å²) in [5.74, 6) is 0.719. The van der Waals surface area contributed by atoms with Crippen LogP contribution in [-0.4, -0.2) is 41.7 Å². The lowest BCUT2D eigenvalue weighted by atomic mass is 10.0. The van der Waals surface area contributed by atoms with Crippen LogP contribution in [0.25, 0.3) is 10.1 Å². The second kappa shape index (κ2) is 8.86. The monoisotopic (exact) mass is 479 g/mol. The van der Waals surface area contributed by atoms with Crippen molar-refractivity contribution in [1.29, 1.82) is 0 Å². The van der Waals surface area contributed by atoms with Gasteiger partial charge in [0.05, 0.1) is 18.5 Å². The number of nitrogens with zero attached hydrogens (tertiary/aromatic N) is 1. The highest BCUT2D eigenvalue weighted by Gasteiger charge is 2.24. The SMILES string of the molecule is COc1ccc(NS(=O)(=O)c2sc3ccc(Cl)cc3c2C)cc1N(C)C1CCNCC1. The van der Waals surface area contributed by atoms with E-state index in [1.165, 1.54) is 11.3 Å². The number of anilines is 2. The number of rotatable bonds is 6. The fraction of sp³-hybridized carbons (Fsp3) is 0.364. The lowest BCUT2D eigenvalue weighted by molar-refractivity contribution is 0.406. The third-order valence-electron chi connectivity index (χ3n) is 5.77. The number of halogens is 1. The molecule has 1 aliphatic rings. The molecule has 0 spiro atoms. The number of nitrogens with one attached hydrogen (secondary N) is 2. The molecule has 2 N–H and O–H groups in total. The van der Waals surface area contributed by atoms with Gasteiger partial charge in [-0.3, -0.25) is 4.72 Å². The van der Waals surface area contributed by atoms with Crippen LogP contribution in [0.1, 0.15) is 18.4 Å². The minimum absolute atomic E-state index is 0.300. The number of aryl methyl sites for hydroxylation is 1. The van der Waals surface area contributed by atoms with E-state index in [0.717, 1.165) is 47.5 Å². The van der Waals surface area contributed by atoms with Crippen LogP contribution in [0.5, 0.6) is 5.75 Å². The van der Waals surface area contributed by atoms with E-state index in [9.17, 15) is 8.42 Å². The van der Waals surface area contributed by atoms with Crippen LogP contribution in [0.3, 0.4) is 0 Å². The second-order valence-corrected chi connectivity index (χ2v) is 11.1. The maximum absolute atomic E-state index is 13.2. The number of hydrogen-bond acceptors (Lipinski definition) is 6. The van der Waals surface area contributed by atoms with E-state index in [-0.39, 0.29) is 0 Å². The van der Waals surface area contributed by atoms with Gasteiger partial charge in [-0.15, -0.1) is 11.3 Å². The molecule has 6 nitrogen and oxygen atoms in total. The number of ether oxygens (including phenoxy) is 1. The molecular formula is C22H26ClN3O3S2. The van der Waals surface area contributed by atoms with Crippen LogP contribution in [0, 0.1) is 6.92 Å². The molecule has 0 radical (unpaired) electrons. The molecule has 0 saturated carbocycles. The average Bonchev–Trinajstić information content (AvgIpc) is 3.10. The first-order valence-corrected chi connectivity index (χ1v) is 12.8. The third kappa shape index (κ3) is 4.48. The summed E-state index contributed by atoms with van der Waals surface area (Å²) in [6, 6.07) is 11.2. The zero-order chi connectivity index (χ0) is 22.2. The highest BCUT2D eigenvalue weighted by molar-refractivity contribution is 7.94. The molecule has 9 heteroatoms. The van der Waals surface area contributed by atoms with Gasteiger partial charge < -0.3 is 15.0 Å². The molecule has 166 valence electrons. The van der Waals surface area contributed by atoms with E-state index in [2.05, 4.69) is 14.9 Å². The van der Waals surface area contributed by atoms with Crippen molar-refractivity contribution in [3.63, 3.8) is 0 Å². The van der Waals surface area contributed by atoms with E-state index < -0.39 is 10.0 Å². The molecule has 1 aromatic heterocycles. The van der Waals surface area contributed by atoms with Gasteiger partial charge >= 0.3 is 0 Å². The molecule has 1 aliphatic heterocycles. The van der Waals surface area contributed by atoms with Crippen molar-refractivity contribution in [1.82, 2.24) is 5.32 Å². The van der Waals surface area contributed by atoms with Crippen molar-refractivity contribution in [2.24, 2.45) is 0 Å². The molecule has 0 unspecified atom stereocenters. The average molecular weight is 480 g/mol. The zero-order valence-electron chi connectivity index (χ0n) is 17.7. The van der Waals surface area contributed by atoms with E-state index in [0.29, 0.717) is 26.5 Å². The zero-order valence-corrected chi connectivity index (χ0v) is 20.1. The smallest absolute Gasteiger partial charge is 0.271 e. The van der Waals surface area contributed by atoms with Crippen LogP contribution in [0.2, 0.25) is 5.02 Å². The lowest BCUT2D eigenvalue weighted by Gasteiger charge is -2.34. The minimum atomic E-state index is -3.75. The van der Waals surface area contributed by atoms with Gasteiger partial charge in [-0.2, -0.15) is 0 Å². The number of benzene rings is 2. The van der Waals surface area contributed by atoms with E-state index in [1.807, 2.05) is 32.2 Å². The molecule has 0 bridgehead atoms. The number of thiophene rings is 1. The Bertz CT molecular complexity index is 1200. The number of fused-ring (bicyclic) bond motifs is 1. The minimum Gasteiger partial charge on any atom is -0.495 e. The van der Waals surface area contributed by atoms with Crippen LogP contribution < -0.4 is 19.7 Å². The summed E-state index contributed by atoms with van der Waals surface area (Å²) in [5, 5.41) is 4.82. The van der Waals surface area contributed by atoms with Crippen molar-refractivity contribution in [2.45, 2.75) is 30.0 Å². The maximum atomic E-state index is 13.2. The number of methoxy groups -OCH3 is 1. The Labute approximate surface area is 192 Å². The summed E-state index contributed by atoms with van der Waals surface area (Å²) in [6.07, 6.45) is 2.05. The highest BCUT2D eigenvalue weighted by atomic mass is 35.5. The Kier molecular flexibility index (Phi) is 6.35. The first kappa shape index (κ1) is 22.2. The molecule has 31 heavy (non-hydrogen) atoms. The Morgan fingerprint density at radius 2 is 1.94 bits per heavy atom. The second-order valence-electron chi connectivity index (χ2n) is 7.74. The van der Waals surface area contributed by atoms with Crippen LogP contribution in [-0.2, 0) is 10.0 Å². The summed E-state index contributed by atoms with van der Waals surface area (Å²) >= 11 is 7.35. The summed E-state index contributed by atoms with van der Waals surface area (Å²) < 4.78 is 36.0. The van der Waals surface area contributed by atoms with Crippen molar-refractivity contribution in [3.8, 4) is 5.75 Å². The van der Waals surface area contributed by atoms with Gasteiger partial charge in [0.25, 0.3) is 10.0 Å². The first-order valence-electron chi connectivity index (χ1n) is 10.1. The number of hydrogen-bond donors (Lipinski definition) is 2. The van der Waals surface area contributed by atoms with Gasteiger partial charge in [-0.05, 0) is 80.2 Å². The van der Waals surface area contributed by atoms with Crippen LogP contribution >= 0.6 is 22.9 Å². The molecule has 1 saturated heterocycles. The highest BCUT2D eigenvalue weighted by Crippen LogP contribution is 2.38. The fourth-order valence-corrected chi connectivity index (χ4v) is 7.02. The van der Waals surface area contributed by atoms with Crippen molar-refractivity contribution >= 4 is 54.4 Å². The molecule has 0 atom stereocenters. The Morgan fingerprint density at radius 3 is 2.65 bits per heavy atom. The Balaban J connectivity index is 1.66. The number of sulfonamides is 1. The van der Waals surface area contributed by atoms with Gasteiger partial charge in [0.1, 0.15) is 9.96 Å². The fourth-order valence-electron chi connectivity index (χ4n) is 4.05. The van der Waals surface area contributed by atoms with Crippen molar-refractivity contribution in [2.75, 3.05) is 36.9 Å². The largest absolute Gasteiger partial charge is 0.495 e. The molecule has 2 heterocycles. The predicted molar refractivity (Wildman–Crippen MR) is 130 cm³/mol. The van der Waals surface area contributed by atoms with Crippen molar-refractivity contribution in [3.05, 3.63) is 47.0 Å². The molecule has 0 aliphatic carbocycles. The molecule has 4 rings (SSSR count).